The van der Waals surface area contributed by atoms with E-state index in [1.165, 1.54) is 21.1 Å². The van der Waals surface area contributed by atoms with Crippen molar-refractivity contribution < 1.29 is 43.1 Å². The largest absolute Gasteiger partial charge is 0.465 e. The third kappa shape index (κ3) is 6.02. The van der Waals surface area contributed by atoms with Crippen LogP contribution in [-0.4, -0.2) is 79.7 Å². The van der Waals surface area contributed by atoms with Gasteiger partial charge in [-0.15, -0.1) is 0 Å². The lowest BCUT2D eigenvalue weighted by atomic mass is 9.80. The summed E-state index contributed by atoms with van der Waals surface area (Å²) in [6, 6.07) is -0.704. The average molecular weight is 429 g/mol. The van der Waals surface area contributed by atoms with Crippen LogP contribution in [0, 0.1) is 5.92 Å². The van der Waals surface area contributed by atoms with Gasteiger partial charge in [-0.05, 0) is 12.3 Å². The van der Waals surface area contributed by atoms with Gasteiger partial charge in [-0.25, -0.2) is 4.79 Å². The van der Waals surface area contributed by atoms with Crippen LogP contribution in [0.5, 0.6) is 0 Å². The highest BCUT2D eigenvalue weighted by atomic mass is 31.0. The third-order valence-corrected chi connectivity index (χ3v) is 5.11. The van der Waals surface area contributed by atoms with Crippen LogP contribution < -0.4 is 5.32 Å². The van der Waals surface area contributed by atoms with Crippen LogP contribution in [0.2, 0.25) is 0 Å². The van der Waals surface area contributed by atoms with Crippen molar-refractivity contribution in [2.75, 3.05) is 27.4 Å². The van der Waals surface area contributed by atoms with Crippen molar-refractivity contribution in [3.05, 3.63) is 0 Å². The fourth-order valence-corrected chi connectivity index (χ4v) is 3.70. The highest BCUT2D eigenvalue weighted by Gasteiger charge is 2.55. The van der Waals surface area contributed by atoms with Crippen LogP contribution in [0.1, 0.15) is 19.8 Å². The maximum absolute atomic E-state index is 12.4. The second-order valence-electron chi connectivity index (χ2n) is 6.23. The van der Waals surface area contributed by atoms with Crippen molar-refractivity contribution in [3.8, 4) is 0 Å². The summed E-state index contributed by atoms with van der Waals surface area (Å²) < 4.78 is 26.1. The van der Waals surface area contributed by atoms with Crippen LogP contribution in [-0.2, 0) is 32.8 Å². The summed E-state index contributed by atoms with van der Waals surface area (Å²) in [6.07, 6.45) is -2.96. The lowest BCUT2D eigenvalue weighted by Gasteiger charge is -2.48. The zero-order valence-electron chi connectivity index (χ0n) is 15.6. The quantitative estimate of drug-likeness (QED) is 0.300. The summed E-state index contributed by atoms with van der Waals surface area (Å²) in [6.45, 7) is 1.14. The molecular formula is C15H29NO9P2. The standard InChI is InChI=1S/C15H29NO9P2/c1-8(18)16-11-9(4-5-17)6-15(22-3,14(20)21-2)24-13(11)12(19)10(25-27)7-23-26/h9-13,17,19H,4-7,26-27H2,1-3H3,(H,16,18)/t9-,10+,11+,12+,13+,15?/m0/s1. The van der Waals surface area contributed by atoms with Crippen molar-refractivity contribution in [1.82, 2.24) is 5.32 Å². The van der Waals surface area contributed by atoms with Gasteiger partial charge in [-0.3, -0.25) is 4.79 Å². The number of aliphatic hydroxyl groups is 2. The summed E-state index contributed by atoms with van der Waals surface area (Å²) in [7, 11) is 6.55. The Kier molecular flexibility index (Phi) is 10.5. The summed E-state index contributed by atoms with van der Waals surface area (Å²) in [4.78, 5) is 24.1. The van der Waals surface area contributed by atoms with Gasteiger partial charge in [0, 0.05) is 46.0 Å². The molecule has 0 aliphatic carbocycles. The van der Waals surface area contributed by atoms with E-state index in [4.69, 9.17) is 23.3 Å². The maximum Gasteiger partial charge on any atom is 0.366 e. The van der Waals surface area contributed by atoms with Gasteiger partial charge < -0.3 is 38.8 Å². The SMILES string of the molecule is COC(=O)C1(OC)C[C@H](CCO)[C@@H](NC(C)=O)[C@H]([C@H](O)[C@@H](COP)OP)O1. The lowest BCUT2D eigenvalue weighted by molar-refractivity contribution is -0.299. The van der Waals surface area contributed by atoms with E-state index in [2.05, 4.69) is 5.32 Å². The average Bonchev–Trinajstić information content (AvgIpc) is 2.65. The molecule has 1 saturated heterocycles. The molecule has 27 heavy (non-hydrogen) atoms. The topological polar surface area (TPSA) is 133 Å². The van der Waals surface area contributed by atoms with E-state index in [1.54, 1.807) is 0 Å². The predicted octanol–water partition coefficient (Wildman–Crippen LogP) is -0.863. The number of esters is 1. The van der Waals surface area contributed by atoms with E-state index in [0.29, 0.717) is 0 Å². The lowest BCUT2D eigenvalue weighted by Crippen LogP contribution is -2.66. The third-order valence-electron chi connectivity index (χ3n) is 4.57. The minimum atomic E-state index is -1.79. The number of hydrogen-bond donors (Lipinski definition) is 3. The molecule has 1 aliphatic rings. The molecule has 3 unspecified atom stereocenters. The van der Waals surface area contributed by atoms with Gasteiger partial charge in [-0.1, -0.05) is 0 Å². The fourth-order valence-electron chi connectivity index (χ4n) is 3.27. The van der Waals surface area contributed by atoms with Crippen molar-refractivity contribution in [1.29, 1.82) is 0 Å². The number of ether oxygens (including phenoxy) is 3. The monoisotopic (exact) mass is 429 g/mol. The number of amides is 1. The molecule has 8 atom stereocenters. The first-order chi connectivity index (χ1) is 12.8. The minimum Gasteiger partial charge on any atom is -0.465 e. The number of nitrogens with one attached hydrogen (secondary N) is 1. The zero-order valence-corrected chi connectivity index (χ0v) is 17.9. The predicted molar refractivity (Wildman–Crippen MR) is 100 cm³/mol. The molecule has 3 N–H and O–H groups in total. The van der Waals surface area contributed by atoms with E-state index in [-0.39, 0.29) is 32.0 Å². The normalized spacial score (nSPS) is 30.4. The van der Waals surface area contributed by atoms with Gasteiger partial charge >= 0.3 is 5.97 Å². The van der Waals surface area contributed by atoms with Crippen LogP contribution >= 0.6 is 18.9 Å². The second-order valence-corrected chi connectivity index (χ2v) is 6.84. The molecule has 10 nitrogen and oxygen atoms in total. The minimum absolute atomic E-state index is 0.00482. The molecular weight excluding hydrogens is 400 g/mol. The van der Waals surface area contributed by atoms with Gasteiger partial charge in [0.15, 0.2) is 0 Å². The molecule has 0 radical (unpaired) electrons. The van der Waals surface area contributed by atoms with Crippen LogP contribution in [0.3, 0.4) is 0 Å². The maximum atomic E-state index is 12.4. The van der Waals surface area contributed by atoms with E-state index in [1.807, 2.05) is 18.9 Å². The number of carbonyl (C=O) groups excluding carboxylic acids is 2. The highest BCUT2D eigenvalue weighted by molar-refractivity contribution is 7.10. The van der Waals surface area contributed by atoms with Gasteiger partial charge in [0.2, 0.25) is 5.91 Å². The van der Waals surface area contributed by atoms with Crippen molar-refractivity contribution in [3.63, 3.8) is 0 Å². The van der Waals surface area contributed by atoms with Crippen molar-refractivity contribution in [2.24, 2.45) is 5.92 Å². The molecule has 0 spiro atoms. The Morgan fingerprint density at radius 3 is 2.48 bits per heavy atom. The smallest absolute Gasteiger partial charge is 0.366 e. The van der Waals surface area contributed by atoms with Gasteiger partial charge in [0.25, 0.3) is 5.79 Å². The molecule has 12 heteroatoms. The first-order valence-electron chi connectivity index (χ1n) is 8.34. The van der Waals surface area contributed by atoms with Crippen molar-refractivity contribution in [2.45, 2.75) is 49.9 Å². The van der Waals surface area contributed by atoms with E-state index < -0.39 is 42.0 Å². The number of methoxy groups -OCH3 is 2. The molecule has 1 amide bonds. The number of rotatable bonds is 10. The van der Waals surface area contributed by atoms with Crippen LogP contribution in [0.25, 0.3) is 0 Å². The Bertz CT molecular complexity index is 498. The summed E-state index contributed by atoms with van der Waals surface area (Å²) in [5, 5.41) is 23.0. The Hall–Kier alpha value is -0.440. The van der Waals surface area contributed by atoms with E-state index in [9.17, 15) is 19.8 Å². The molecule has 1 aliphatic heterocycles. The fraction of sp³-hybridized carbons (Fsp3) is 0.867. The number of hydrogen-bond acceptors (Lipinski definition) is 9. The van der Waals surface area contributed by atoms with Gasteiger partial charge in [0.05, 0.1) is 19.8 Å². The highest BCUT2D eigenvalue weighted by Crippen LogP contribution is 2.38. The number of carbonyl (C=O) groups is 2. The summed E-state index contributed by atoms with van der Waals surface area (Å²) >= 11 is 0. The molecule has 0 bridgehead atoms. The zero-order chi connectivity index (χ0) is 20.6. The van der Waals surface area contributed by atoms with Gasteiger partial charge in [-0.2, -0.15) is 0 Å². The van der Waals surface area contributed by atoms with Gasteiger partial charge in [0.1, 0.15) is 18.3 Å². The first kappa shape index (κ1) is 24.6. The molecule has 158 valence electrons. The Morgan fingerprint density at radius 1 is 1.37 bits per heavy atom. The first-order valence-corrected chi connectivity index (χ1v) is 9.29. The molecule has 0 saturated carbocycles. The molecule has 0 aromatic heterocycles. The Balaban J connectivity index is 3.33. The molecule has 1 rings (SSSR count). The summed E-state index contributed by atoms with van der Waals surface area (Å²) in [5.74, 6) is -3.36. The van der Waals surface area contributed by atoms with E-state index >= 15 is 0 Å². The molecule has 1 heterocycles. The van der Waals surface area contributed by atoms with Crippen LogP contribution in [0.15, 0.2) is 0 Å². The molecule has 0 aromatic carbocycles. The summed E-state index contributed by atoms with van der Waals surface area (Å²) in [5.41, 5.74) is 0. The van der Waals surface area contributed by atoms with Crippen LogP contribution in [0.4, 0.5) is 0 Å². The second kappa shape index (κ2) is 11.5. The Morgan fingerprint density at radius 2 is 2.04 bits per heavy atom. The molecule has 0 aromatic rings. The molecule has 1 fully saturated rings. The number of aliphatic hydroxyl groups excluding tert-OH is 2. The van der Waals surface area contributed by atoms with E-state index in [0.717, 1.165) is 0 Å². The Labute approximate surface area is 163 Å². The van der Waals surface area contributed by atoms with Crippen molar-refractivity contribution >= 4 is 30.8 Å².